The number of benzene rings is 1. The van der Waals surface area contributed by atoms with Crippen LogP contribution in [0.5, 0.6) is 0 Å². The van der Waals surface area contributed by atoms with Gasteiger partial charge in [-0.05, 0) is 44.5 Å². The fourth-order valence-corrected chi connectivity index (χ4v) is 2.27. The van der Waals surface area contributed by atoms with E-state index in [2.05, 4.69) is 11.2 Å². The zero-order valence-electron chi connectivity index (χ0n) is 10.8. The fraction of sp³-hybridized carbons (Fsp3) is 0.308. The highest BCUT2D eigenvalue weighted by Crippen LogP contribution is 2.19. The average Bonchev–Trinajstić information content (AvgIpc) is 2.26. The van der Waals surface area contributed by atoms with E-state index in [1.54, 1.807) is 20.8 Å². The van der Waals surface area contributed by atoms with Crippen molar-refractivity contribution in [3.05, 3.63) is 29.3 Å². The second-order valence-electron chi connectivity index (χ2n) is 4.64. The smallest absolute Gasteiger partial charge is 0.261 e. The van der Waals surface area contributed by atoms with Crippen LogP contribution in [0.3, 0.4) is 0 Å². The van der Waals surface area contributed by atoms with Gasteiger partial charge in [-0.3, -0.25) is 4.79 Å². The lowest BCUT2D eigenvalue weighted by Gasteiger charge is -2.20. The van der Waals surface area contributed by atoms with Gasteiger partial charge >= 0.3 is 0 Å². The Hall–Kier alpha value is -1.51. The van der Waals surface area contributed by atoms with Crippen molar-refractivity contribution in [2.24, 2.45) is 0 Å². The minimum atomic E-state index is -3.80. The molecule has 0 spiro atoms. The lowest BCUT2D eigenvalue weighted by molar-refractivity contribution is 0.0929. The molecule has 0 atom stereocenters. The van der Waals surface area contributed by atoms with Gasteiger partial charge in [-0.15, -0.1) is 6.42 Å². The Bertz CT molecular complexity index is 657. The van der Waals surface area contributed by atoms with Crippen LogP contribution in [0.15, 0.2) is 23.1 Å². The molecule has 1 amide bonds. The van der Waals surface area contributed by atoms with Crippen molar-refractivity contribution in [2.45, 2.75) is 31.2 Å². The van der Waals surface area contributed by atoms with Gasteiger partial charge in [-0.2, -0.15) is 0 Å². The number of hydrogen-bond donors (Lipinski definition) is 1. The van der Waals surface area contributed by atoms with Gasteiger partial charge in [0.1, 0.15) is 0 Å². The van der Waals surface area contributed by atoms with Gasteiger partial charge in [0, 0.05) is 16.2 Å². The highest BCUT2D eigenvalue weighted by molar-refractivity contribution is 8.13. The van der Waals surface area contributed by atoms with Gasteiger partial charge in [-0.25, -0.2) is 8.42 Å². The van der Waals surface area contributed by atoms with Crippen LogP contribution >= 0.6 is 10.7 Å². The summed E-state index contributed by atoms with van der Waals surface area (Å²) in [6.07, 6.45) is 5.29. The number of halogens is 1. The second-order valence-corrected chi connectivity index (χ2v) is 7.20. The number of rotatable bonds is 3. The van der Waals surface area contributed by atoms with Gasteiger partial charge in [0.2, 0.25) is 0 Å². The highest BCUT2D eigenvalue weighted by Gasteiger charge is 2.20. The Morgan fingerprint density at radius 1 is 1.42 bits per heavy atom. The number of carbonyl (C=O) groups is 1. The largest absolute Gasteiger partial charge is 0.336 e. The molecule has 0 aromatic heterocycles. The monoisotopic (exact) mass is 299 g/mol. The Kier molecular flexibility index (Phi) is 4.28. The molecule has 1 N–H and O–H groups in total. The van der Waals surface area contributed by atoms with E-state index in [0.717, 1.165) is 0 Å². The fourth-order valence-electron chi connectivity index (χ4n) is 1.43. The van der Waals surface area contributed by atoms with Gasteiger partial charge in [0.25, 0.3) is 15.0 Å². The average molecular weight is 300 g/mol. The zero-order valence-corrected chi connectivity index (χ0v) is 12.4. The normalized spacial score (nSPS) is 11.7. The van der Waals surface area contributed by atoms with Gasteiger partial charge in [0.05, 0.1) is 10.4 Å². The number of hydrogen-bond acceptors (Lipinski definition) is 3. The van der Waals surface area contributed by atoms with E-state index in [1.165, 1.54) is 18.2 Å². The first kappa shape index (κ1) is 15.5. The molecule has 1 aromatic carbocycles. The van der Waals surface area contributed by atoms with Crippen LogP contribution in [0.25, 0.3) is 0 Å². The number of amides is 1. The van der Waals surface area contributed by atoms with Crippen molar-refractivity contribution in [1.82, 2.24) is 5.32 Å². The summed E-state index contributed by atoms with van der Waals surface area (Å²) in [4.78, 5) is 12.0. The van der Waals surface area contributed by atoms with Crippen molar-refractivity contribution >= 4 is 25.6 Å². The highest BCUT2D eigenvalue weighted by atomic mass is 35.7. The molecule has 0 saturated heterocycles. The summed E-state index contributed by atoms with van der Waals surface area (Å²) >= 11 is 0. The standard InChI is InChI=1S/C13H14ClNO3S/c1-5-13(3,4)15-12(16)11-7-6-10(8-9(11)2)19(14,17)18/h1,6-8H,2-4H3,(H,15,16). The molecule has 1 rings (SSSR count). The molecule has 19 heavy (non-hydrogen) atoms. The molecule has 0 saturated carbocycles. The molecule has 102 valence electrons. The number of terminal acetylenes is 1. The van der Waals surface area contributed by atoms with E-state index in [9.17, 15) is 13.2 Å². The van der Waals surface area contributed by atoms with Crippen LogP contribution in [0.1, 0.15) is 29.8 Å². The molecule has 0 fully saturated rings. The van der Waals surface area contributed by atoms with E-state index < -0.39 is 14.6 Å². The summed E-state index contributed by atoms with van der Waals surface area (Å²) in [7, 11) is 1.44. The first-order valence-corrected chi connectivity index (χ1v) is 7.73. The molecule has 0 radical (unpaired) electrons. The number of aryl methyl sites for hydroxylation is 1. The minimum Gasteiger partial charge on any atom is -0.336 e. The van der Waals surface area contributed by atoms with Crippen molar-refractivity contribution in [2.75, 3.05) is 0 Å². The maximum absolute atomic E-state index is 12.0. The molecule has 0 heterocycles. The molecule has 0 unspecified atom stereocenters. The van der Waals surface area contributed by atoms with Crippen LogP contribution in [-0.2, 0) is 9.05 Å². The molecule has 0 aliphatic rings. The lowest BCUT2D eigenvalue weighted by atomic mass is 10.0. The third-order valence-electron chi connectivity index (χ3n) is 2.51. The predicted octanol–water partition coefficient (Wildman–Crippen LogP) is 2.06. The lowest BCUT2D eigenvalue weighted by Crippen LogP contribution is -2.42. The summed E-state index contributed by atoms with van der Waals surface area (Å²) in [6.45, 7) is 5.01. The predicted molar refractivity (Wildman–Crippen MR) is 74.6 cm³/mol. The summed E-state index contributed by atoms with van der Waals surface area (Å²) in [5, 5.41) is 2.66. The third kappa shape index (κ3) is 3.98. The Morgan fingerprint density at radius 3 is 2.42 bits per heavy atom. The van der Waals surface area contributed by atoms with E-state index in [4.69, 9.17) is 17.1 Å². The molecular weight excluding hydrogens is 286 g/mol. The zero-order chi connectivity index (χ0) is 14.8. The quantitative estimate of drug-likeness (QED) is 0.686. The SMILES string of the molecule is C#CC(C)(C)NC(=O)c1ccc(S(=O)(=O)Cl)cc1C. The van der Waals surface area contributed by atoms with Gasteiger partial charge < -0.3 is 5.32 Å². The molecule has 6 heteroatoms. The van der Waals surface area contributed by atoms with Crippen LogP contribution in [0.2, 0.25) is 0 Å². The minimum absolute atomic E-state index is 0.0422. The second kappa shape index (κ2) is 5.24. The van der Waals surface area contributed by atoms with Crippen LogP contribution in [0.4, 0.5) is 0 Å². The summed E-state index contributed by atoms with van der Waals surface area (Å²) in [5.74, 6) is 2.09. The Balaban J connectivity index is 3.12. The van der Waals surface area contributed by atoms with Gasteiger partial charge in [0.15, 0.2) is 0 Å². The summed E-state index contributed by atoms with van der Waals surface area (Å²) < 4.78 is 22.4. The first-order valence-electron chi connectivity index (χ1n) is 5.42. The molecule has 0 aliphatic heterocycles. The van der Waals surface area contributed by atoms with Crippen LogP contribution < -0.4 is 5.32 Å². The van der Waals surface area contributed by atoms with E-state index in [0.29, 0.717) is 11.1 Å². The van der Waals surface area contributed by atoms with Crippen LogP contribution in [0, 0.1) is 19.3 Å². The molecule has 0 aliphatic carbocycles. The van der Waals surface area contributed by atoms with E-state index in [1.807, 2.05) is 0 Å². The van der Waals surface area contributed by atoms with Crippen molar-refractivity contribution < 1.29 is 13.2 Å². The molecule has 1 aromatic rings. The topological polar surface area (TPSA) is 63.2 Å². The van der Waals surface area contributed by atoms with Crippen LogP contribution in [-0.4, -0.2) is 19.9 Å². The van der Waals surface area contributed by atoms with Crippen molar-refractivity contribution in [3.63, 3.8) is 0 Å². The number of carbonyl (C=O) groups excluding carboxylic acids is 1. The first-order chi connectivity index (χ1) is 8.57. The van der Waals surface area contributed by atoms with Crippen molar-refractivity contribution in [1.29, 1.82) is 0 Å². The molecule has 4 nitrogen and oxygen atoms in total. The van der Waals surface area contributed by atoms with Crippen molar-refractivity contribution in [3.8, 4) is 12.3 Å². The number of nitrogens with one attached hydrogen (secondary N) is 1. The Morgan fingerprint density at radius 2 is 2.00 bits per heavy atom. The third-order valence-corrected chi connectivity index (χ3v) is 3.86. The van der Waals surface area contributed by atoms with E-state index >= 15 is 0 Å². The summed E-state index contributed by atoms with van der Waals surface area (Å²) in [5.41, 5.74) is 0.0836. The maximum atomic E-state index is 12.0. The van der Waals surface area contributed by atoms with E-state index in [-0.39, 0.29) is 10.8 Å². The summed E-state index contributed by atoms with van der Waals surface area (Å²) in [6, 6.07) is 4.04. The Labute approximate surface area is 117 Å². The van der Waals surface area contributed by atoms with Gasteiger partial charge in [-0.1, -0.05) is 5.92 Å². The molecule has 0 bridgehead atoms. The molecular formula is C13H14ClNO3S. The maximum Gasteiger partial charge on any atom is 0.261 e.